The summed E-state index contributed by atoms with van der Waals surface area (Å²) >= 11 is 1.59. The molecule has 0 aliphatic carbocycles. The molecule has 128 valence electrons. The lowest BCUT2D eigenvalue weighted by molar-refractivity contribution is -0.0100. The standard InChI is InChI=1S/C18H19N5OS/c1-25-18-19-7-6-17(20-18)22-9-12-8-13(10-22)23(12)11-15-14-4-2-3-5-16(14)24-21-15/h2-7,12-13H,8-11H2,1H3. The van der Waals surface area contributed by atoms with Crippen molar-refractivity contribution in [3.8, 4) is 0 Å². The molecule has 1 aromatic carbocycles. The average molecular weight is 353 g/mol. The third-order valence-corrected chi connectivity index (χ3v) is 5.82. The van der Waals surface area contributed by atoms with Crippen molar-refractivity contribution in [2.75, 3.05) is 24.2 Å². The minimum absolute atomic E-state index is 0.557. The van der Waals surface area contributed by atoms with Crippen molar-refractivity contribution in [3.05, 3.63) is 42.2 Å². The van der Waals surface area contributed by atoms with Crippen LogP contribution < -0.4 is 4.90 Å². The van der Waals surface area contributed by atoms with Gasteiger partial charge in [0, 0.05) is 43.3 Å². The number of aromatic nitrogens is 3. The maximum Gasteiger partial charge on any atom is 0.189 e. The van der Waals surface area contributed by atoms with Crippen LogP contribution in [0.2, 0.25) is 0 Å². The quantitative estimate of drug-likeness (QED) is 0.528. The van der Waals surface area contributed by atoms with Crippen LogP contribution in [-0.4, -0.2) is 51.5 Å². The van der Waals surface area contributed by atoms with Crippen LogP contribution in [0.3, 0.4) is 0 Å². The Balaban J connectivity index is 1.31. The van der Waals surface area contributed by atoms with Gasteiger partial charge in [0.15, 0.2) is 10.7 Å². The molecule has 2 unspecified atom stereocenters. The van der Waals surface area contributed by atoms with E-state index in [1.165, 1.54) is 6.42 Å². The molecule has 2 aromatic heterocycles. The maximum atomic E-state index is 5.45. The fourth-order valence-corrected chi connectivity index (χ4v) is 4.31. The second kappa shape index (κ2) is 6.00. The molecule has 0 N–H and O–H groups in total. The van der Waals surface area contributed by atoms with Crippen LogP contribution in [0.5, 0.6) is 0 Å². The summed E-state index contributed by atoms with van der Waals surface area (Å²) in [5, 5.41) is 6.26. The zero-order valence-corrected chi connectivity index (χ0v) is 14.8. The van der Waals surface area contributed by atoms with Crippen molar-refractivity contribution in [2.45, 2.75) is 30.2 Å². The molecule has 7 heteroatoms. The molecule has 0 amide bonds. The van der Waals surface area contributed by atoms with Crippen molar-refractivity contribution in [1.29, 1.82) is 0 Å². The van der Waals surface area contributed by atoms with E-state index in [0.29, 0.717) is 12.1 Å². The van der Waals surface area contributed by atoms with E-state index in [-0.39, 0.29) is 0 Å². The van der Waals surface area contributed by atoms with Crippen molar-refractivity contribution >= 4 is 28.5 Å². The fraction of sp³-hybridized carbons (Fsp3) is 0.389. The third-order valence-electron chi connectivity index (χ3n) is 5.25. The van der Waals surface area contributed by atoms with Crippen LogP contribution >= 0.6 is 11.8 Å². The van der Waals surface area contributed by atoms with Gasteiger partial charge >= 0.3 is 0 Å². The zero-order valence-electron chi connectivity index (χ0n) is 14.0. The topological polar surface area (TPSA) is 58.3 Å². The highest BCUT2D eigenvalue weighted by Crippen LogP contribution is 2.36. The Morgan fingerprint density at radius 3 is 2.88 bits per heavy atom. The predicted octanol–water partition coefficient (Wildman–Crippen LogP) is 2.80. The second-order valence-electron chi connectivity index (χ2n) is 6.65. The molecule has 25 heavy (non-hydrogen) atoms. The highest BCUT2D eigenvalue weighted by atomic mass is 32.2. The number of hydrogen-bond acceptors (Lipinski definition) is 7. The lowest BCUT2D eigenvalue weighted by Crippen LogP contribution is -2.68. The molecule has 2 atom stereocenters. The molecule has 3 fully saturated rings. The van der Waals surface area contributed by atoms with Crippen LogP contribution in [-0.2, 0) is 6.54 Å². The van der Waals surface area contributed by atoms with Crippen molar-refractivity contribution < 1.29 is 4.52 Å². The van der Waals surface area contributed by atoms with Gasteiger partial charge in [-0.05, 0) is 30.9 Å². The summed E-state index contributed by atoms with van der Waals surface area (Å²) < 4.78 is 5.45. The summed E-state index contributed by atoms with van der Waals surface area (Å²) in [5.41, 5.74) is 1.92. The smallest absolute Gasteiger partial charge is 0.189 e. The highest BCUT2D eigenvalue weighted by molar-refractivity contribution is 7.98. The Hall–Kier alpha value is -2.12. The predicted molar refractivity (Wildman–Crippen MR) is 97.8 cm³/mol. The van der Waals surface area contributed by atoms with Crippen LogP contribution in [0, 0.1) is 0 Å². The summed E-state index contributed by atoms with van der Waals surface area (Å²) in [6, 6.07) is 11.2. The Morgan fingerprint density at radius 1 is 1.20 bits per heavy atom. The molecular weight excluding hydrogens is 334 g/mol. The number of rotatable bonds is 4. The van der Waals surface area contributed by atoms with Gasteiger partial charge in [-0.15, -0.1) is 0 Å². The first-order valence-electron chi connectivity index (χ1n) is 8.53. The Labute approximate surface area is 150 Å². The van der Waals surface area contributed by atoms with Gasteiger partial charge in [-0.1, -0.05) is 29.1 Å². The number of fused-ring (bicyclic) bond motifs is 3. The lowest BCUT2D eigenvalue weighted by atomic mass is 9.87. The highest BCUT2D eigenvalue weighted by Gasteiger charge is 2.45. The number of para-hydroxylation sites is 1. The average Bonchev–Trinajstić information content (AvgIpc) is 3.09. The molecule has 6 rings (SSSR count). The van der Waals surface area contributed by atoms with E-state index in [9.17, 15) is 0 Å². The number of hydrogen-bond donors (Lipinski definition) is 0. The molecule has 2 bridgehead atoms. The van der Waals surface area contributed by atoms with Crippen LogP contribution in [0.1, 0.15) is 12.1 Å². The maximum absolute atomic E-state index is 5.45. The van der Waals surface area contributed by atoms with Gasteiger partial charge in [0.2, 0.25) is 0 Å². The van der Waals surface area contributed by atoms with E-state index in [1.807, 2.05) is 36.7 Å². The summed E-state index contributed by atoms with van der Waals surface area (Å²) in [4.78, 5) is 13.9. The molecular formula is C18H19N5OS. The second-order valence-corrected chi connectivity index (χ2v) is 7.42. The molecule has 3 aromatic rings. The molecule has 6 nitrogen and oxygen atoms in total. The largest absolute Gasteiger partial charge is 0.356 e. The number of piperazine rings is 1. The van der Waals surface area contributed by atoms with Gasteiger partial charge in [-0.3, -0.25) is 4.90 Å². The first kappa shape index (κ1) is 15.2. The number of piperidine rings is 1. The molecule has 3 aliphatic heterocycles. The minimum atomic E-state index is 0.557. The summed E-state index contributed by atoms with van der Waals surface area (Å²) in [7, 11) is 0. The van der Waals surface area contributed by atoms with E-state index in [4.69, 9.17) is 4.52 Å². The van der Waals surface area contributed by atoms with Crippen molar-refractivity contribution in [3.63, 3.8) is 0 Å². The van der Waals surface area contributed by atoms with Gasteiger partial charge in [-0.2, -0.15) is 0 Å². The van der Waals surface area contributed by atoms with Crippen molar-refractivity contribution in [2.24, 2.45) is 0 Å². The zero-order chi connectivity index (χ0) is 16.8. The molecule has 3 saturated heterocycles. The first-order chi connectivity index (χ1) is 12.3. The normalized spacial score (nSPS) is 23.0. The number of nitrogens with zero attached hydrogens (tertiary/aromatic N) is 5. The molecule has 0 saturated carbocycles. The number of benzene rings is 1. The Morgan fingerprint density at radius 2 is 2.04 bits per heavy atom. The van der Waals surface area contributed by atoms with Crippen LogP contribution in [0.15, 0.2) is 46.2 Å². The summed E-state index contributed by atoms with van der Waals surface area (Å²) in [6.45, 7) is 2.88. The van der Waals surface area contributed by atoms with E-state index in [2.05, 4.69) is 31.0 Å². The molecule has 5 heterocycles. The van der Waals surface area contributed by atoms with Gasteiger partial charge in [0.05, 0.1) is 0 Å². The summed E-state index contributed by atoms with van der Waals surface area (Å²) in [6.07, 6.45) is 5.12. The Kier molecular flexibility index (Phi) is 3.64. The van der Waals surface area contributed by atoms with Crippen molar-refractivity contribution in [1.82, 2.24) is 20.0 Å². The third kappa shape index (κ3) is 2.58. The summed E-state index contributed by atoms with van der Waals surface area (Å²) in [5.74, 6) is 1.04. The van der Waals surface area contributed by atoms with Gasteiger partial charge in [0.25, 0.3) is 0 Å². The lowest BCUT2D eigenvalue weighted by Gasteiger charge is -2.56. The van der Waals surface area contributed by atoms with Crippen LogP contribution in [0.4, 0.5) is 5.82 Å². The van der Waals surface area contributed by atoms with Gasteiger partial charge in [0.1, 0.15) is 11.5 Å². The van der Waals surface area contributed by atoms with Crippen LogP contribution in [0.25, 0.3) is 11.0 Å². The van der Waals surface area contributed by atoms with E-state index >= 15 is 0 Å². The van der Waals surface area contributed by atoms with E-state index in [1.54, 1.807) is 11.8 Å². The fourth-order valence-electron chi connectivity index (χ4n) is 3.96. The van der Waals surface area contributed by atoms with Gasteiger partial charge < -0.3 is 9.42 Å². The van der Waals surface area contributed by atoms with E-state index < -0.39 is 0 Å². The Bertz CT molecular complexity index is 901. The monoisotopic (exact) mass is 353 g/mol. The number of thioether (sulfide) groups is 1. The SMILES string of the molecule is CSc1nccc(N2CC3CC(C2)N3Cc2noc3ccccc23)n1. The molecule has 3 aliphatic rings. The molecule has 0 spiro atoms. The van der Waals surface area contributed by atoms with E-state index in [0.717, 1.165) is 47.3 Å². The first-order valence-corrected chi connectivity index (χ1v) is 9.75. The van der Waals surface area contributed by atoms with Gasteiger partial charge in [-0.25, -0.2) is 9.97 Å². The minimum Gasteiger partial charge on any atom is -0.356 e. The number of anilines is 1. The molecule has 0 radical (unpaired) electrons.